The Labute approximate surface area is 83.8 Å². The van der Waals surface area contributed by atoms with Gasteiger partial charge in [-0.25, -0.2) is 13.8 Å². The van der Waals surface area contributed by atoms with Crippen LogP contribution in [0.5, 0.6) is 0 Å². The van der Waals surface area contributed by atoms with E-state index in [1.165, 1.54) is 0 Å². The summed E-state index contributed by atoms with van der Waals surface area (Å²) in [5, 5.41) is 1.74. The molecule has 84 valence electrons. The molecule has 0 aliphatic carbocycles. The Kier molecular flexibility index (Phi) is 3.80. The highest BCUT2D eigenvalue weighted by molar-refractivity contribution is 4.78. The van der Waals surface area contributed by atoms with E-state index in [0.29, 0.717) is 0 Å². The van der Waals surface area contributed by atoms with E-state index in [0.717, 1.165) is 32.9 Å². The van der Waals surface area contributed by atoms with Crippen LogP contribution in [0.2, 0.25) is 0 Å². The summed E-state index contributed by atoms with van der Waals surface area (Å²) in [5.41, 5.74) is 0. The first-order valence-corrected chi connectivity index (χ1v) is 4.96. The Morgan fingerprint density at radius 3 is 2.36 bits per heavy atom. The second kappa shape index (κ2) is 4.51. The van der Waals surface area contributed by atoms with Crippen molar-refractivity contribution in [1.29, 1.82) is 0 Å². The zero-order valence-corrected chi connectivity index (χ0v) is 8.84. The van der Waals surface area contributed by atoms with Crippen molar-refractivity contribution in [2.45, 2.75) is 31.7 Å². The molecule has 2 N–H and O–H groups in total. The number of hydrazine groups is 1. The monoisotopic (exact) mass is 207 g/mol. The van der Waals surface area contributed by atoms with Gasteiger partial charge in [0.25, 0.3) is 5.92 Å². The molecule has 1 saturated heterocycles. The van der Waals surface area contributed by atoms with E-state index in [1.54, 1.807) is 17.0 Å². The molecule has 0 saturated carbocycles. The van der Waals surface area contributed by atoms with Crippen molar-refractivity contribution in [3.63, 3.8) is 0 Å². The lowest BCUT2D eigenvalue weighted by molar-refractivity contribution is -0.0250. The standard InChI is InChI=1S/C9H19F2N3/c1-9(10,11)7-13(2)8-3-5-14(12)6-4-8/h8H,3-7,12H2,1-2H3. The molecule has 0 unspecified atom stereocenters. The zero-order valence-electron chi connectivity index (χ0n) is 8.84. The van der Waals surface area contributed by atoms with Crippen LogP contribution in [0.3, 0.4) is 0 Å². The van der Waals surface area contributed by atoms with Crippen LogP contribution in [0.4, 0.5) is 8.78 Å². The number of piperidine rings is 1. The van der Waals surface area contributed by atoms with Gasteiger partial charge in [0.15, 0.2) is 0 Å². The smallest absolute Gasteiger partial charge is 0.257 e. The lowest BCUT2D eigenvalue weighted by atomic mass is 10.0. The first-order valence-electron chi connectivity index (χ1n) is 4.96. The number of hydrogen-bond donors (Lipinski definition) is 1. The third-order valence-corrected chi connectivity index (χ3v) is 2.65. The molecular formula is C9H19F2N3. The maximum Gasteiger partial charge on any atom is 0.257 e. The van der Waals surface area contributed by atoms with E-state index < -0.39 is 5.92 Å². The molecule has 0 aromatic heterocycles. The van der Waals surface area contributed by atoms with Gasteiger partial charge in [-0.3, -0.25) is 10.7 Å². The molecule has 1 aliphatic heterocycles. The van der Waals surface area contributed by atoms with Crippen LogP contribution < -0.4 is 5.84 Å². The van der Waals surface area contributed by atoms with Gasteiger partial charge in [-0.1, -0.05) is 0 Å². The Bertz CT molecular complexity index is 173. The molecule has 5 heteroatoms. The largest absolute Gasteiger partial charge is 0.297 e. The highest BCUT2D eigenvalue weighted by Gasteiger charge is 2.28. The van der Waals surface area contributed by atoms with Gasteiger partial charge in [0.05, 0.1) is 6.54 Å². The molecule has 1 aliphatic rings. The fourth-order valence-corrected chi connectivity index (χ4v) is 1.89. The number of hydrogen-bond acceptors (Lipinski definition) is 3. The van der Waals surface area contributed by atoms with Gasteiger partial charge in [0.1, 0.15) is 0 Å². The Morgan fingerprint density at radius 1 is 1.43 bits per heavy atom. The van der Waals surface area contributed by atoms with Crippen LogP contribution in [0.15, 0.2) is 0 Å². The minimum absolute atomic E-state index is 0.164. The van der Waals surface area contributed by atoms with Crippen molar-refractivity contribution in [1.82, 2.24) is 9.91 Å². The quantitative estimate of drug-likeness (QED) is 0.698. The van der Waals surface area contributed by atoms with Gasteiger partial charge < -0.3 is 0 Å². The average Bonchev–Trinajstić information content (AvgIpc) is 2.02. The van der Waals surface area contributed by atoms with Gasteiger partial charge in [-0.2, -0.15) is 0 Å². The van der Waals surface area contributed by atoms with Crippen LogP contribution in [0.25, 0.3) is 0 Å². The summed E-state index contributed by atoms with van der Waals surface area (Å²) in [7, 11) is 1.76. The molecule has 14 heavy (non-hydrogen) atoms. The molecule has 0 aromatic rings. The molecule has 0 spiro atoms. The van der Waals surface area contributed by atoms with Crippen LogP contribution in [0, 0.1) is 0 Å². The van der Waals surface area contributed by atoms with Crippen molar-refractivity contribution in [2.75, 3.05) is 26.7 Å². The lowest BCUT2D eigenvalue weighted by Crippen LogP contribution is -2.48. The van der Waals surface area contributed by atoms with E-state index in [2.05, 4.69) is 0 Å². The van der Waals surface area contributed by atoms with Crippen molar-refractivity contribution < 1.29 is 8.78 Å². The molecule has 3 nitrogen and oxygen atoms in total. The highest BCUT2D eigenvalue weighted by Crippen LogP contribution is 2.18. The third kappa shape index (κ3) is 3.86. The second-order valence-corrected chi connectivity index (χ2v) is 4.25. The number of halogens is 2. The Morgan fingerprint density at radius 2 is 1.93 bits per heavy atom. The normalized spacial score (nSPS) is 21.9. The fourth-order valence-electron chi connectivity index (χ4n) is 1.89. The maximum absolute atomic E-state index is 12.7. The van der Waals surface area contributed by atoms with Gasteiger partial charge in [0.2, 0.25) is 0 Å². The predicted molar refractivity (Wildman–Crippen MR) is 52.0 cm³/mol. The molecule has 0 radical (unpaired) electrons. The number of rotatable bonds is 3. The number of nitrogens with two attached hydrogens (primary N) is 1. The van der Waals surface area contributed by atoms with Crippen LogP contribution in [0.1, 0.15) is 19.8 Å². The SMILES string of the molecule is CN(CC(C)(F)F)C1CCN(N)CC1. The first kappa shape index (κ1) is 11.8. The molecule has 0 atom stereocenters. The lowest BCUT2D eigenvalue weighted by Gasteiger charge is -2.35. The molecule has 0 aromatic carbocycles. The average molecular weight is 207 g/mol. The second-order valence-electron chi connectivity index (χ2n) is 4.25. The van der Waals surface area contributed by atoms with Crippen molar-refractivity contribution in [2.24, 2.45) is 5.84 Å². The fraction of sp³-hybridized carbons (Fsp3) is 1.00. The summed E-state index contributed by atoms with van der Waals surface area (Å²) >= 11 is 0. The third-order valence-electron chi connectivity index (χ3n) is 2.65. The van der Waals surface area contributed by atoms with Crippen molar-refractivity contribution in [3.05, 3.63) is 0 Å². The van der Waals surface area contributed by atoms with Gasteiger partial charge >= 0.3 is 0 Å². The predicted octanol–water partition coefficient (Wildman–Crippen LogP) is 0.912. The summed E-state index contributed by atoms with van der Waals surface area (Å²) in [6, 6.07) is 0.251. The summed E-state index contributed by atoms with van der Waals surface area (Å²) in [5.74, 6) is 2.99. The first-order chi connectivity index (χ1) is 6.38. The highest BCUT2D eigenvalue weighted by atomic mass is 19.3. The minimum Gasteiger partial charge on any atom is -0.297 e. The molecular weight excluding hydrogens is 188 g/mol. The molecule has 0 bridgehead atoms. The molecule has 1 heterocycles. The van der Waals surface area contributed by atoms with Gasteiger partial charge in [-0.15, -0.1) is 0 Å². The Balaban J connectivity index is 2.34. The van der Waals surface area contributed by atoms with Crippen molar-refractivity contribution in [3.8, 4) is 0 Å². The van der Waals surface area contributed by atoms with Crippen molar-refractivity contribution >= 4 is 0 Å². The minimum atomic E-state index is -2.60. The van der Waals surface area contributed by atoms with E-state index in [1.807, 2.05) is 0 Å². The molecule has 1 rings (SSSR count). The van der Waals surface area contributed by atoms with E-state index in [9.17, 15) is 8.78 Å². The number of alkyl halides is 2. The van der Waals surface area contributed by atoms with Gasteiger partial charge in [-0.05, 0) is 19.9 Å². The molecule has 1 fully saturated rings. The number of nitrogens with zero attached hydrogens (tertiary/aromatic N) is 2. The summed E-state index contributed by atoms with van der Waals surface area (Å²) < 4.78 is 25.5. The van der Waals surface area contributed by atoms with Crippen LogP contribution >= 0.6 is 0 Å². The topological polar surface area (TPSA) is 32.5 Å². The van der Waals surface area contributed by atoms with Crippen LogP contribution in [-0.4, -0.2) is 48.6 Å². The summed E-state index contributed by atoms with van der Waals surface area (Å²) in [6.45, 7) is 2.39. The van der Waals surface area contributed by atoms with Gasteiger partial charge in [0, 0.05) is 26.1 Å². The van der Waals surface area contributed by atoms with Crippen LogP contribution in [-0.2, 0) is 0 Å². The maximum atomic E-state index is 12.7. The zero-order chi connectivity index (χ0) is 10.8. The van der Waals surface area contributed by atoms with E-state index in [-0.39, 0.29) is 12.6 Å². The molecule has 0 amide bonds. The summed E-state index contributed by atoms with van der Waals surface area (Å²) in [4.78, 5) is 1.74. The van der Waals surface area contributed by atoms with E-state index >= 15 is 0 Å². The van der Waals surface area contributed by atoms with E-state index in [4.69, 9.17) is 5.84 Å². The Hall–Kier alpha value is -0.260. The summed E-state index contributed by atoms with van der Waals surface area (Å²) in [6.07, 6.45) is 1.76.